The van der Waals surface area contributed by atoms with E-state index < -0.39 is 5.12 Å². The Kier molecular flexibility index (Phi) is 4.50. The van der Waals surface area contributed by atoms with Gasteiger partial charge in [-0.25, -0.2) is 0 Å². The van der Waals surface area contributed by atoms with Crippen LogP contribution in [0.2, 0.25) is 0 Å². The van der Waals surface area contributed by atoms with Gasteiger partial charge in [-0.05, 0) is 31.1 Å². The van der Waals surface area contributed by atoms with Crippen molar-refractivity contribution in [2.24, 2.45) is 17.8 Å². The second-order valence-corrected chi connectivity index (χ2v) is 6.08. The van der Waals surface area contributed by atoms with E-state index in [1.165, 1.54) is 0 Å². The van der Waals surface area contributed by atoms with E-state index in [1.807, 2.05) is 6.92 Å². The van der Waals surface area contributed by atoms with Gasteiger partial charge in [-0.1, -0.05) is 27.7 Å². The second kappa shape index (κ2) is 5.07. The molecule has 3 unspecified atom stereocenters. The van der Waals surface area contributed by atoms with Gasteiger partial charge < -0.3 is 9.47 Å². The molecule has 0 amide bonds. The first-order chi connectivity index (χ1) is 6.83. The molecule has 1 rings (SSSR count). The zero-order chi connectivity index (χ0) is 11.6. The van der Waals surface area contributed by atoms with Crippen molar-refractivity contribution in [3.8, 4) is 0 Å². The molecule has 0 radical (unpaired) electrons. The van der Waals surface area contributed by atoms with E-state index in [9.17, 15) is 0 Å². The molecule has 0 N–H and O–H groups in total. The lowest BCUT2D eigenvalue weighted by atomic mass is 9.82. The van der Waals surface area contributed by atoms with E-state index in [0.717, 1.165) is 13.0 Å². The van der Waals surface area contributed by atoms with Crippen LogP contribution in [0, 0.1) is 17.8 Å². The minimum Gasteiger partial charge on any atom is -0.342 e. The van der Waals surface area contributed by atoms with Gasteiger partial charge >= 0.3 is 0 Å². The summed E-state index contributed by atoms with van der Waals surface area (Å²) in [4.78, 5) is 0. The third-order valence-corrected chi connectivity index (χ3v) is 3.35. The molecular weight excluding hydrogens is 208 g/mol. The van der Waals surface area contributed by atoms with Gasteiger partial charge in [-0.3, -0.25) is 0 Å². The first kappa shape index (κ1) is 13.3. The molecule has 3 heteroatoms. The maximum absolute atomic E-state index is 5.98. The van der Waals surface area contributed by atoms with Gasteiger partial charge in [-0.15, -0.1) is 12.6 Å². The van der Waals surface area contributed by atoms with Crippen LogP contribution >= 0.6 is 12.6 Å². The zero-order valence-corrected chi connectivity index (χ0v) is 11.4. The van der Waals surface area contributed by atoms with E-state index in [2.05, 4.69) is 40.3 Å². The van der Waals surface area contributed by atoms with E-state index in [-0.39, 0.29) is 6.10 Å². The van der Waals surface area contributed by atoms with E-state index in [4.69, 9.17) is 9.47 Å². The summed E-state index contributed by atoms with van der Waals surface area (Å²) < 4.78 is 11.6. The van der Waals surface area contributed by atoms with Crippen molar-refractivity contribution in [2.45, 2.75) is 52.3 Å². The van der Waals surface area contributed by atoms with Crippen molar-refractivity contribution in [1.29, 1.82) is 0 Å². The first-order valence-electron chi connectivity index (χ1n) is 5.87. The molecule has 0 aromatic rings. The Morgan fingerprint density at radius 1 is 1.20 bits per heavy atom. The van der Waals surface area contributed by atoms with Gasteiger partial charge in [0.25, 0.3) is 0 Å². The summed E-state index contributed by atoms with van der Waals surface area (Å²) in [6, 6.07) is 0. The van der Waals surface area contributed by atoms with Crippen LogP contribution < -0.4 is 0 Å². The molecule has 0 saturated carbocycles. The topological polar surface area (TPSA) is 18.5 Å². The number of thiol groups is 1. The predicted octanol–water partition coefficient (Wildman–Crippen LogP) is 3.32. The van der Waals surface area contributed by atoms with Crippen LogP contribution in [0.15, 0.2) is 0 Å². The first-order valence-corrected chi connectivity index (χ1v) is 6.32. The molecule has 3 atom stereocenters. The van der Waals surface area contributed by atoms with Gasteiger partial charge in [-0.2, -0.15) is 0 Å². The normalized spacial score (nSPS) is 38.4. The largest absolute Gasteiger partial charge is 0.342 e. The zero-order valence-electron chi connectivity index (χ0n) is 10.5. The molecule has 1 fully saturated rings. The molecule has 0 aliphatic carbocycles. The fourth-order valence-electron chi connectivity index (χ4n) is 2.27. The Morgan fingerprint density at radius 3 is 2.27 bits per heavy atom. The fourth-order valence-corrected chi connectivity index (χ4v) is 2.48. The van der Waals surface area contributed by atoms with E-state index >= 15 is 0 Å². The second-order valence-electron chi connectivity index (χ2n) is 5.27. The van der Waals surface area contributed by atoms with Gasteiger partial charge in [0.1, 0.15) is 0 Å². The number of ether oxygens (including phenoxy) is 2. The summed E-state index contributed by atoms with van der Waals surface area (Å²) in [6.45, 7) is 11.5. The molecule has 2 nitrogen and oxygen atoms in total. The molecule has 0 aromatic heterocycles. The molecule has 0 aromatic carbocycles. The minimum absolute atomic E-state index is 0.245. The molecule has 0 bridgehead atoms. The Bertz CT molecular complexity index is 202. The minimum atomic E-state index is -0.724. The average Bonchev–Trinajstić information content (AvgIpc) is 2.23. The summed E-state index contributed by atoms with van der Waals surface area (Å²) in [6.07, 6.45) is 1.31. The number of hydrogen-bond donors (Lipinski definition) is 1. The summed E-state index contributed by atoms with van der Waals surface area (Å²) in [5.41, 5.74) is 0. The van der Waals surface area contributed by atoms with Crippen molar-refractivity contribution in [3.63, 3.8) is 0 Å². The third kappa shape index (κ3) is 3.65. The number of rotatable bonds is 2. The van der Waals surface area contributed by atoms with Crippen LogP contribution in [0.4, 0.5) is 0 Å². The van der Waals surface area contributed by atoms with E-state index in [0.29, 0.717) is 17.8 Å². The molecule has 1 aliphatic heterocycles. The predicted molar refractivity (Wildman–Crippen MR) is 66.0 cm³/mol. The van der Waals surface area contributed by atoms with Crippen LogP contribution in [0.3, 0.4) is 0 Å². The molecule has 1 aliphatic rings. The summed E-state index contributed by atoms with van der Waals surface area (Å²) in [5, 5.41) is -0.724. The molecular formula is C12H24O2S. The Labute approximate surface area is 99.1 Å². The highest BCUT2D eigenvalue weighted by Gasteiger charge is 2.37. The lowest BCUT2D eigenvalue weighted by molar-refractivity contribution is -0.185. The SMILES string of the molecule is CC(C)C1CCOC(C)(S)OC1C(C)C. The fraction of sp³-hybridized carbons (Fsp3) is 1.00. The Morgan fingerprint density at radius 2 is 1.80 bits per heavy atom. The lowest BCUT2D eigenvalue weighted by Gasteiger charge is -2.34. The highest BCUT2D eigenvalue weighted by Crippen LogP contribution is 2.35. The molecule has 90 valence electrons. The van der Waals surface area contributed by atoms with E-state index in [1.54, 1.807) is 0 Å². The van der Waals surface area contributed by atoms with Crippen molar-refractivity contribution < 1.29 is 9.47 Å². The van der Waals surface area contributed by atoms with Gasteiger partial charge in [0.2, 0.25) is 5.12 Å². The van der Waals surface area contributed by atoms with Crippen molar-refractivity contribution in [3.05, 3.63) is 0 Å². The molecule has 1 saturated heterocycles. The molecule has 0 spiro atoms. The van der Waals surface area contributed by atoms with Crippen molar-refractivity contribution in [1.82, 2.24) is 0 Å². The van der Waals surface area contributed by atoms with Crippen molar-refractivity contribution >= 4 is 12.6 Å². The van der Waals surface area contributed by atoms with Crippen molar-refractivity contribution in [2.75, 3.05) is 6.61 Å². The van der Waals surface area contributed by atoms with Gasteiger partial charge in [0.05, 0.1) is 12.7 Å². The molecule has 1 heterocycles. The Balaban J connectivity index is 2.80. The maximum atomic E-state index is 5.98. The standard InChI is InChI=1S/C12H24O2S/c1-8(2)10-6-7-13-12(5,15)14-11(10)9(3)4/h8-11,15H,6-7H2,1-5H3. The summed E-state index contributed by atoms with van der Waals surface area (Å²) >= 11 is 4.41. The average molecular weight is 232 g/mol. The monoisotopic (exact) mass is 232 g/mol. The number of hydrogen-bond acceptors (Lipinski definition) is 3. The van der Waals surface area contributed by atoms with Crippen LogP contribution in [-0.4, -0.2) is 17.8 Å². The Hall–Kier alpha value is 0.270. The lowest BCUT2D eigenvalue weighted by Crippen LogP contribution is -2.37. The van der Waals surface area contributed by atoms with Gasteiger partial charge in [0, 0.05) is 0 Å². The van der Waals surface area contributed by atoms with Crippen LogP contribution in [0.1, 0.15) is 41.0 Å². The third-order valence-electron chi connectivity index (χ3n) is 3.11. The summed E-state index contributed by atoms with van der Waals surface area (Å²) in [5.74, 6) is 1.70. The highest BCUT2D eigenvalue weighted by atomic mass is 32.1. The molecule has 15 heavy (non-hydrogen) atoms. The van der Waals surface area contributed by atoms with Crippen LogP contribution in [0.25, 0.3) is 0 Å². The highest BCUT2D eigenvalue weighted by molar-refractivity contribution is 7.81. The van der Waals surface area contributed by atoms with Crippen LogP contribution in [-0.2, 0) is 9.47 Å². The quantitative estimate of drug-likeness (QED) is 0.736. The van der Waals surface area contributed by atoms with Crippen LogP contribution in [0.5, 0.6) is 0 Å². The summed E-state index contributed by atoms with van der Waals surface area (Å²) in [7, 11) is 0. The van der Waals surface area contributed by atoms with Gasteiger partial charge in [0.15, 0.2) is 0 Å². The maximum Gasteiger partial charge on any atom is 0.212 e. The smallest absolute Gasteiger partial charge is 0.212 e.